The Morgan fingerprint density at radius 3 is 2.22 bits per heavy atom. The third-order valence-corrected chi connectivity index (χ3v) is 11.6. The number of Topliss-reactive ketones (excluding diaryl/α,β-unsaturated/α-hetero) is 3. The van der Waals surface area contributed by atoms with Crippen LogP contribution >= 0.6 is 0 Å². The van der Waals surface area contributed by atoms with Crippen molar-refractivity contribution in [2.24, 2.45) is 45.3 Å². The topological polar surface area (TPSA) is 129 Å². The highest BCUT2D eigenvalue weighted by Gasteiger charge is 2.70. The lowest BCUT2D eigenvalue weighted by Crippen LogP contribution is -2.60. The number of carboxylic acids is 1. The van der Waals surface area contributed by atoms with Crippen molar-refractivity contribution in [2.45, 2.75) is 106 Å². The van der Waals surface area contributed by atoms with E-state index in [9.17, 15) is 34.5 Å². The summed E-state index contributed by atoms with van der Waals surface area (Å²) in [5.41, 5.74) is -1.40. The first-order valence-electron chi connectivity index (χ1n) is 13.8. The zero-order chi connectivity index (χ0) is 27.9. The van der Waals surface area contributed by atoms with Gasteiger partial charge in [0.1, 0.15) is 11.6 Å². The third kappa shape index (κ3) is 3.82. The van der Waals surface area contributed by atoms with Crippen LogP contribution in [0.5, 0.6) is 0 Å². The summed E-state index contributed by atoms with van der Waals surface area (Å²) in [6.07, 6.45) is 0.421. The molecule has 0 spiro atoms. The summed E-state index contributed by atoms with van der Waals surface area (Å²) in [5.74, 6) is -2.17. The Balaban J connectivity index is 1.74. The van der Waals surface area contributed by atoms with E-state index in [1.807, 2.05) is 34.6 Å². The molecule has 4 aliphatic carbocycles. The summed E-state index contributed by atoms with van der Waals surface area (Å²) in [6.45, 7) is 13.4. The highest BCUT2D eigenvalue weighted by Crippen LogP contribution is 2.71. The summed E-state index contributed by atoms with van der Waals surface area (Å²) in [5, 5.41) is 32.4. The Morgan fingerprint density at radius 2 is 1.62 bits per heavy atom. The van der Waals surface area contributed by atoms with Gasteiger partial charge in [0.2, 0.25) is 0 Å². The molecule has 9 atom stereocenters. The number of fused-ring (bicyclic) bond motifs is 4. The summed E-state index contributed by atoms with van der Waals surface area (Å²) >= 11 is 0. The monoisotopic (exact) mass is 516 g/mol. The number of hydrogen-bond acceptors (Lipinski definition) is 6. The molecule has 3 N–H and O–H groups in total. The molecule has 0 saturated heterocycles. The molecular formula is C30H44O7. The smallest absolute Gasteiger partial charge is 0.306 e. The first kappa shape index (κ1) is 28.2. The summed E-state index contributed by atoms with van der Waals surface area (Å²) in [7, 11) is 0. The van der Waals surface area contributed by atoms with E-state index >= 15 is 0 Å². The van der Waals surface area contributed by atoms with Crippen molar-refractivity contribution in [1.82, 2.24) is 0 Å². The quantitative estimate of drug-likeness (QED) is 0.484. The highest BCUT2D eigenvalue weighted by molar-refractivity contribution is 6.01. The normalized spacial score (nSPS) is 42.5. The molecule has 37 heavy (non-hydrogen) atoms. The summed E-state index contributed by atoms with van der Waals surface area (Å²) < 4.78 is 0. The van der Waals surface area contributed by atoms with E-state index in [4.69, 9.17) is 0 Å². The number of aliphatic hydroxyl groups excluding tert-OH is 2. The maximum Gasteiger partial charge on any atom is 0.306 e. The molecule has 206 valence electrons. The van der Waals surface area contributed by atoms with Gasteiger partial charge in [0.05, 0.1) is 18.1 Å². The molecular weight excluding hydrogens is 472 g/mol. The molecule has 0 aromatic carbocycles. The fraction of sp³-hybridized carbons (Fsp3) is 0.800. The van der Waals surface area contributed by atoms with Gasteiger partial charge in [-0.2, -0.15) is 0 Å². The summed E-state index contributed by atoms with van der Waals surface area (Å²) in [6, 6.07) is 0. The van der Waals surface area contributed by atoms with Crippen molar-refractivity contribution < 1.29 is 34.5 Å². The second kappa shape index (κ2) is 8.84. The van der Waals surface area contributed by atoms with Gasteiger partial charge >= 0.3 is 5.97 Å². The lowest BCUT2D eigenvalue weighted by Gasteiger charge is -2.61. The zero-order valence-electron chi connectivity index (χ0n) is 23.4. The molecule has 0 amide bonds. The molecule has 0 aromatic rings. The van der Waals surface area contributed by atoms with Crippen LogP contribution in [0.15, 0.2) is 11.1 Å². The van der Waals surface area contributed by atoms with Crippen LogP contribution in [0, 0.1) is 45.3 Å². The van der Waals surface area contributed by atoms with Crippen molar-refractivity contribution in [3.05, 3.63) is 11.1 Å². The van der Waals surface area contributed by atoms with E-state index in [1.165, 1.54) is 6.92 Å². The van der Waals surface area contributed by atoms with Gasteiger partial charge in [0.25, 0.3) is 0 Å². The van der Waals surface area contributed by atoms with Crippen LogP contribution in [0.25, 0.3) is 0 Å². The highest BCUT2D eigenvalue weighted by atomic mass is 16.4. The number of ketones is 3. The van der Waals surface area contributed by atoms with Crippen LogP contribution in [-0.4, -0.2) is 50.8 Å². The Labute approximate surface area is 220 Å². The van der Waals surface area contributed by atoms with Gasteiger partial charge in [-0.25, -0.2) is 0 Å². The number of carbonyl (C=O) groups excluding carboxylic acids is 3. The molecule has 2 saturated carbocycles. The van der Waals surface area contributed by atoms with E-state index in [0.29, 0.717) is 36.8 Å². The van der Waals surface area contributed by atoms with E-state index in [-0.39, 0.29) is 54.4 Å². The third-order valence-electron chi connectivity index (χ3n) is 11.6. The number of aliphatic carboxylic acids is 1. The first-order chi connectivity index (χ1) is 16.9. The van der Waals surface area contributed by atoms with Crippen molar-refractivity contribution in [2.75, 3.05) is 0 Å². The minimum Gasteiger partial charge on any atom is -0.481 e. The molecule has 0 heterocycles. The Kier molecular flexibility index (Phi) is 6.72. The maximum atomic E-state index is 14.1. The van der Waals surface area contributed by atoms with E-state index in [1.54, 1.807) is 0 Å². The number of carboxylic acid groups (broad SMARTS) is 1. The van der Waals surface area contributed by atoms with Crippen molar-refractivity contribution in [3.63, 3.8) is 0 Å². The zero-order valence-corrected chi connectivity index (χ0v) is 23.4. The average molecular weight is 517 g/mol. The second-order valence-electron chi connectivity index (χ2n) is 13.9. The lowest BCUT2D eigenvalue weighted by atomic mass is 9.42. The Morgan fingerprint density at radius 1 is 1.00 bits per heavy atom. The number of rotatable bonds is 6. The van der Waals surface area contributed by atoms with Gasteiger partial charge in [-0.15, -0.1) is 0 Å². The molecule has 0 bridgehead atoms. The number of hydrogen-bond donors (Lipinski definition) is 3. The van der Waals surface area contributed by atoms with Crippen LogP contribution in [-0.2, 0) is 19.2 Å². The van der Waals surface area contributed by atoms with Gasteiger partial charge in [-0.3, -0.25) is 19.2 Å². The number of aliphatic hydroxyl groups is 2. The molecule has 0 aromatic heterocycles. The first-order valence-corrected chi connectivity index (χ1v) is 13.8. The number of allylic oxidation sites excluding steroid dienone is 1. The second-order valence-corrected chi connectivity index (χ2v) is 13.9. The van der Waals surface area contributed by atoms with Gasteiger partial charge in [0, 0.05) is 47.5 Å². The number of carbonyl (C=O) groups is 4. The lowest BCUT2D eigenvalue weighted by molar-refractivity contribution is -0.146. The van der Waals surface area contributed by atoms with Crippen LogP contribution < -0.4 is 0 Å². The average Bonchev–Trinajstić information content (AvgIpc) is 2.99. The molecule has 0 aliphatic heterocycles. The van der Waals surface area contributed by atoms with Crippen LogP contribution in [0.1, 0.15) is 93.4 Å². The van der Waals surface area contributed by atoms with E-state index < -0.39 is 45.8 Å². The summed E-state index contributed by atoms with van der Waals surface area (Å²) in [4.78, 5) is 50.8. The molecule has 7 nitrogen and oxygen atoms in total. The van der Waals surface area contributed by atoms with Crippen LogP contribution in [0.2, 0.25) is 0 Å². The standard InChI is InChI=1S/C30H44O7/c1-15(10-17(31)11-16(2)26(36)37)18-12-23(35)30(7)25-19(32)13-21-27(3,4)22(34)8-9-28(21,5)24(25)20(33)14-29(18,30)6/h15-16,18-19,21,23,32,35H,8-14H2,1-7H3,(H,36,37)/t15-,16+,18-,19+,21?,23+,28+,29-,30+/m1/s1. The van der Waals surface area contributed by atoms with Crippen molar-refractivity contribution in [1.29, 1.82) is 0 Å². The minimum absolute atomic E-state index is 0.0106. The molecule has 7 heteroatoms. The predicted octanol–water partition coefficient (Wildman–Crippen LogP) is 4.13. The Hall–Kier alpha value is -1.86. The predicted molar refractivity (Wildman–Crippen MR) is 137 cm³/mol. The van der Waals surface area contributed by atoms with E-state index in [2.05, 4.69) is 6.92 Å². The van der Waals surface area contributed by atoms with Gasteiger partial charge in [0.15, 0.2) is 5.78 Å². The fourth-order valence-electron chi connectivity index (χ4n) is 9.20. The minimum atomic E-state index is -1.00. The van der Waals surface area contributed by atoms with Gasteiger partial charge in [-0.1, -0.05) is 48.5 Å². The molecule has 0 radical (unpaired) electrons. The Bertz CT molecular complexity index is 1070. The van der Waals surface area contributed by atoms with Crippen molar-refractivity contribution >= 4 is 23.3 Å². The van der Waals surface area contributed by atoms with Gasteiger partial charge in [-0.05, 0) is 48.0 Å². The van der Waals surface area contributed by atoms with E-state index in [0.717, 1.165) is 0 Å². The molecule has 1 unspecified atom stereocenters. The molecule has 4 aliphatic rings. The molecule has 4 rings (SSSR count). The largest absolute Gasteiger partial charge is 0.481 e. The SMILES string of the molecule is C[C@H](CC(=O)C[C@H](C)C(=O)O)[C@H]1C[C@H](O)[C@@]2(C)C3=C(C(=O)C[C@]12C)[C@@]1(C)CCC(=O)C(C)(C)C1C[C@@H]3O. The maximum absolute atomic E-state index is 14.1. The fourth-order valence-corrected chi connectivity index (χ4v) is 9.20. The van der Waals surface area contributed by atoms with Crippen LogP contribution in [0.4, 0.5) is 0 Å². The van der Waals surface area contributed by atoms with Crippen molar-refractivity contribution in [3.8, 4) is 0 Å². The van der Waals surface area contributed by atoms with Gasteiger partial charge < -0.3 is 15.3 Å². The van der Waals surface area contributed by atoms with Crippen LogP contribution in [0.3, 0.4) is 0 Å². The molecule has 2 fully saturated rings.